The first kappa shape index (κ1) is 12.1. The number of aromatic nitrogens is 1. The van der Waals surface area contributed by atoms with Gasteiger partial charge in [-0.15, -0.1) is 0 Å². The van der Waals surface area contributed by atoms with Crippen LogP contribution in [-0.4, -0.2) is 16.6 Å². The Morgan fingerprint density at radius 3 is 3.07 bits per heavy atom. The second-order valence-electron chi connectivity index (χ2n) is 3.32. The second kappa shape index (κ2) is 6.48. The molecule has 0 unspecified atom stereocenters. The molecule has 0 aliphatic carbocycles. The molecule has 82 valence electrons. The van der Waals surface area contributed by atoms with Crippen LogP contribution in [0, 0.1) is 0 Å². The zero-order valence-electron chi connectivity index (χ0n) is 8.90. The maximum atomic E-state index is 5.49. The molecule has 0 aromatic carbocycles. The predicted octanol–water partition coefficient (Wildman–Crippen LogP) is 2.03. The lowest BCUT2D eigenvalue weighted by Gasteiger charge is -2.04. The van der Waals surface area contributed by atoms with Crippen molar-refractivity contribution in [3.8, 4) is 0 Å². The van der Waals surface area contributed by atoms with Crippen molar-refractivity contribution in [2.24, 2.45) is 5.73 Å². The minimum atomic E-state index is 0.324. The topological polar surface area (TPSA) is 48.1 Å². The van der Waals surface area contributed by atoms with Crippen LogP contribution in [0.2, 0.25) is 0 Å². The largest absolute Gasteiger partial charge is 0.388 e. The number of nitrogens with zero attached hydrogens (tertiary/aromatic N) is 1. The summed E-state index contributed by atoms with van der Waals surface area (Å²) in [5.74, 6) is 0. The molecule has 2 N–H and O–H groups in total. The highest BCUT2D eigenvalue weighted by Crippen LogP contribution is 2.04. The summed E-state index contributed by atoms with van der Waals surface area (Å²) in [4.78, 5) is 4.39. The summed E-state index contributed by atoms with van der Waals surface area (Å²) in [5, 5.41) is 0. The Morgan fingerprint density at radius 2 is 2.40 bits per heavy atom. The molecule has 0 spiro atoms. The van der Waals surface area contributed by atoms with E-state index < -0.39 is 0 Å². The molecule has 0 radical (unpaired) electrons. The minimum Gasteiger partial charge on any atom is -0.388 e. The summed E-state index contributed by atoms with van der Waals surface area (Å²) in [6.07, 6.45) is 3.94. The Balaban J connectivity index is 2.47. The maximum Gasteiger partial charge on any atom is 0.122 e. The van der Waals surface area contributed by atoms with Gasteiger partial charge in [-0.05, 0) is 24.1 Å². The Kier molecular flexibility index (Phi) is 5.21. The van der Waals surface area contributed by atoms with Crippen LogP contribution in [0.1, 0.15) is 31.0 Å². The van der Waals surface area contributed by atoms with Crippen molar-refractivity contribution in [3.05, 3.63) is 29.6 Å². The second-order valence-corrected chi connectivity index (χ2v) is 3.76. The van der Waals surface area contributed by atoms with Crippen LogP contribution in [0.25, 0.3) is 0 Å². The van der Waals surface area contributed by atoms with Crippen LogP contribution in [0.4, 0.5) is 0 Å². The Morgan fingerprint density at radius 1 is 1.60 bits per heavy atom. The van der Waals surface area contributed by atoms with Gasteiger partial charge in [0.05, 0.1) is 12.3 Å². The van der Waals surface area contributed by atoms with Crippen molar-refractivity contribution in [1.29, 1.82) is 0 Å². The Hall–Kier alpha value is -1.00. The maximum absolute atomic E-state index is 5.49. The van der Waals surface area contributed by atoms with E-state index in [0.29, 0.717) is 17.3 Å². The molecule has 1 rings (SSSR count). The van der Waals surface area contributed by atoms with Crippen molar-refractivity contribution in [2.75, 3.05) is 6.61 Å². The van der Waals surface area contributed by atoms with Crippen molar-refractivity contribution >= 4 is 17.2 Å². The number of hydrogen-bond donors (Lipinski definition) is 1. The molecule has 4 heteroatoms. The van der Waals surface area contributed by atoms with Crippen LogP contribution in [0.3, 0.4) is 0 Å². The molecule has 3 nitrogen and oxygen atoms in total. The zero-order chi connectivity index (χ0) is 11.1. The molecule has 1 aromatic heterocycles. The van der Waals surface area contributed by atoms with E-state index in [0.717, 1.165) is 25.0 Å². The molecule has 0 aliphatic rings. The van der Waals surface area contributed by atoms with Crippen molar-refractivity contribution < 1.29 is 4.74 Å². The highest BCUT2D eigenvalue weighted by Gasteiger charge is 1.99. The fraction of sp³-hybridized carbons (Fsp3) is 0.455. The first-order valence-electron chi connectivity index (χ1n) is 5.06. The SMILES string of the molecule is CCCCOCc1ccnc(C(N)=S)c1. The van der Waals surface area contributed by atoms with Crippen LogP contribution >= 0.6 is 12.2 Å². The van der Waals surface area contributed by atoms with Gasteiger partial charge in [0, 0.05) is 12.8 Å². The van der Waals surface area contributed by atoms with E-state index in [1.54, 1.807) is 6.20 Å². The summed E-state index contributed by atoms with van der Waals surface area (Å²) in [6, 6.07) is 3.78. The minimum absolute atomic E-state index is 0.324. The van der Waals surface area contributed by atoms with Crippen LogP contribution in [0.5, 0.6) is 0 Å². The van der Waals surface area contributed by atoms with Crippen molar-refractivity contribution in [1.82, 2.24) is 4.98 Å². The van der Waals surface area contributed by atoms with Gasteiger partial charge in [-0.3, -0.25) is 4.98 Å². The Labute approximate surface area is 95.7 Å². The van der Waals surface area contributed by atoms with Gasteiger partial charge in [0.25, 0.3) is 0 Å². The van der Waals surface area contributed by atoms with E-state index in [1.165, 1.54) is 0 Å². The monoisotopic (exact) mass is 224 g/mol. The van der Waals surface area contributed by atoms with Gasteiger partial charge in [-0.1, -0.05) is 25.6 Å². The lowest BCUT2D eigenvalue weighted by atomic mass is 10.2. The average molecular weight is 224 g/mol. The van der Waals surface area contributed by atoms with Crippen molar-refractivity contribution in [2.45, 2.75) is 26.4 Å². The van der Waals surface area contributed by atoms with Gasteiger partial charge >= 0.3 is 0 Å². The van der Waals surface area contributed by atoms with E-state index in [-0.39, 0.29) is 0 Å². The van der Waals surface area contributed by atoms with Gasteiger partial charge in [0.2, 0.25) is 0 Å². The molecule has 0 aliphatic heterocycles. The van der Waals surface area contributed by atoms with Gasteiger partial charge < -0.3 is 10.5 Å². The number of pyridine rings is 1. The first-order valence-corrected chi connectivity index (χ1v) is 5.47. The molecule has 0 amide bonds. The summed E-state index contributed by atoms with van der Waals surface area (Å²) in [7, 11) is 0. The standard InChI is InChI=1S/C11H16N2OS/c1-2-3-6-14-8-9-4-5-13-10(7-9)11(12)15/h4-5,7H,2-3,6,8H2,1H3,(H2,12,15). The molecular weight excluding hydrogens is 208 g/mol. The smallest absolute Gasteiger partial charge is 0.122 e. The predicted molar refractivity (Wildman–Crippen MR) is 64.7 cm³/mol. The summed E-state index contributed by atoms with van der Waals surface area (Å²) < 4.78 is 5.48. The fourth-order valence-corrected chi connectivity index (χ4v) is 1.25. The molecule has 0 saturated carbocycles. The highest BCUT2D eigenvalue weighted by atomic mass is 32.1. The molecule has 0 saturated heterocycles. The number of thiocarbonyl (C=S) groups is 1. The number of unbranched alkanes of at least 4 members (excludes halogenated alkanes) is 1. The molecule has 1 aromatic rings. The number of hydrogen-bond acceptors (Lipinski definition) is 3. The van der Waals surface area contributed by atoms with Gasteiger partial charge in [0.1, 0.15) is 4.99 Å². The summed E-state index contributed by atoms with van der Waals surface area (Å²) >= 11 is 4.85. The average Bonchev–Trinajstić information content (AvgIpc) is 2.25. The lowest BCUT2D eigenvalue weighted by molar-refractivity contribution is 0.118. The zero-order valence-corrected chi connectivity index (χ0v) is 9.72. The summed E-state index contributed by atoms with van der Waals surface area (Å²) in [5.41, 5.74) is 7.20. The first-order chi connectivity index (χ1) is 7.24. The van der Waals surface area contributed by atoms with Crippen LogP contribution < -0.4 is 5.73 Å². The quantitative estimate of drug-likeness (QED) is 0.593. The van der Waals surface area contributed by atoms with Crippen LogP contribution in [-0.2, 0) is 11.3 Å². The van der Waals surface area contributed by atoms with E-state index >= 15 is 0 Å². The molecule has 15 heavy (non-hydrogen) atoms. The molecular formula is C11H16N2OS. The van der Waals surface area contributed by atoms with Crippen molar-refractivity contribution in [3.63, 3.8) is 0 Å². The van der Waals surface area contributed by atoms with Gasteiger partial charge in [0.15, 0.2) is 0 Å². The van der Waals surface area contributed by atoms with Gasteiger partial charge in [-0.25, -0.2) is 0 Å². The molecule has 0 fully saturated rings. The van der Waals surface area contributed by atoms with E-state index in [1.807, 2.05) is 12.1 Å². The van der Waals surface area contributed by atoms with E-state index in [9.17, 15) is 0 Å². The Bertz CT molecular complexity index is 328. The van der Waals surface area contributed by atoms with Gasteiger partial charge in [-0.2, -0.15) is 0 Å². The van der Waals surface area contributed by atoms with E-state index in [4.69, 9.17) is 22.7 Å². The number of ether oxygens (including phenoxy) is 1. The fourth-order valence-electron chi connectivity index (χ4n) is 1.14. The number of rotatable bonds is 6. The van der Waals surface area contributed by atoms with Crippen LogP contribution in [0.15, 0.2) is 18.3 Å². The normalized spacial score (nSPS) is 10.2. The molecule has 0 atom stereocenters. The lowest BCUT2D eigenvalue weighted by Crippen LogP contribution is -2.11. The number of nitrogens with two attached hydrogens (primary N) is 1. The van der Waals surface area contributed by atoms with E-state index in [2.05, 4.69) is 11.9 Å². The highest BCUT2D eigenvalue weighted by molar-refractivity contribution is 7.80. The third-order valence-electron chi connectivity index (χ3n) is 1.99. The summed E-state index contributed by atoms with van der Waals surface area (Å²) in [6.45, 7) is 3.53. The third kappa shape index (κ3) is 4.36. The molecule has 0 bridgehead atoms. The third-order valence-corrected chi connectivity index (χ3v) is 2.20. The molecule has 1 heterocycles.